The van der Waals surface area contributed by atoms with Crippen LogP contribution in [0.5, 0.6) is 0 Å². The number of carbonyl (C=O) groups is 2. The summed E-state index contributed by atoms with van der Waals surface area (Å²) < 4.78 is 0. The smallest absolute Gasteiger partial charge is 0.294 e. The van der Waals surface area contributed by atoms with E-state index >= 15 is 0 Å². The third-order valence-electron chi connectivity index (χ3n) is 4.27. The molecular formula is C20H13ClN2O3S. The second-order valence-electron chi connectivity index (χ2n) is 5.88. The fourth-order valence-corrected chi connectivity index (χ4v) is 3.87. The number of anilines is 1. The maximum atomic E-state index is 13.0. The summed E-state index contributed by atoms with van der Waals surface area (Å²) in [4.78, 5) is 32.1. The first kappa shape index (κ1) is 17.5. The van der Waals surface area contributed by atoms with Gasteiger partial charge in [-0.3, -0.25) is 19.5 Å². The molecule has 1 unspecified atom stereocenters. The van der Waals surface area contributed by atoms with Crippen molar-refractivity contribution in [1.82, 2.24) is 4.98 Å². The molecule has 27 heavy (non-hydrogen) atoms. The zero-order valence-electron chi connectivity index (χ0n) is 13.9. The summed E-state index contributed by atoms with van der Waals surface area (Å²) in [6, 6.07) is 14.5. The molecule has 1 aliphatic rings. The van der Waals surface area contributed by atoms with Crippen LogP contribution in [0, 0.1) is 0 Å². The lowest BCUT2D eigenvalue weighted by Gasteiger charge is -2.26. The van der Waals surface area contributed by atoms with Crippen molar-refractivity contribution >= 4 is 40.3 Å². The van der Waals surface area contributed by atoms with Gasteiger partial charge >= 0.3 is 0 Å². The highest BCUT2D eigenvalue weighted by atomic mass is 35.5. The lowest BCUT2D eigenvalue weighted by Crippen LogP contribution is -2.31. The van der Waals surface area contributed by atoms with E-state index in [1.807, 2.05) is 0 Å². The Hall–Kier alpha value is -2.96. The number of thiophene rings is 1. The number of hydrogen-bond acceptors (Lipinski definition) is 5. The van der Waals surface area contributed by atoms with E-state index in [-0.39, 0.29) is 11.4 Å². The maximum absolute atomic E-state index is 13.0. The van der Waals surface area contributed by atoms with Gasteiger partial charge in [0, 0.05) is 16.9 Å². The Bertz CT molecular complexity index is 1030. The number of Topliss-reactive ketones (excluding diaryl/α,β-unsaturated/α-hetero) is 1. The molecule has 0 bridgehead atoms. The highest BCUT2D eigenvalue weighted by molar-refractivity contribution is 7.12. The first-order valence-electron chi connectivity index (χ1n) is 8.09. The van der Waals surface area contributed by atoms with Gasteiger partial charge in [0.1, 0.15) is 6.04 Å². The number of aromatic nitrogens is 1. The van der Waals surface area contributed by atoms with Gasteiger partial charge in [-0.25, -0.2) is 0 Å². The third kappa shape index (κ3) is 3.03. The number of nitrogens with zero attached hydrogens (tertiary/aromatic N) is 2. The molecule has 2 aromatic heterocycles. The van der Waals surface area contributed by atoms with Crippen molar-refractivity contribution < 1.29 is 14.7 Å². The molecule has 3 heterocycles. The minimum atomic E-state index is -0.825. The van der Waals surface area contributed by atoms with Gasteiger partial charge in [-0.15, -0.1) is 11.3 Å². The van der Waals surface area contributed by atoms with Gasteiger partial charge in [0.25, 0.3) is 5.91 Å². The average molecular weight is 397 g/mol. The minimum Gasteiger partial charge on any atom is -0.503 e. The van der Waals surface area contributed by atoms with Gasteiger partial charge in [0.2, 0.25) is 5.78 Å². The van der Waals surface area contributed by atoms with Crippen molar-refractivity contribution in [2.75, 3.05) is 4.90 Å². The molecule has 0 spiro atoms. The molecule has 1 aliphatic heterocycles. The molecule has 1 N–H and O–H groups in total. The Labute approximate surface area is 164 Å². The molecule has 0 saturated heterocycles. The third-order valence-corrected chi connectivity index (χ3v) is 5.39. The molecule has 5 nitrogen and oxygen atoms in total. The monoisotopic (exact) mass is 396 g/mol. The van der Waals surface area contributed by atoms with Crippen LogP contribution < -0.4 is 4.90 Å². The molecule has 4 rings (SSSR count). The standard InChI is InChI=1S/C20H13ClN2O3S/c21-12-6-8-13(9-7-12)23-17(14-4-1-2-10-22-14)16(19(25)20(23)26)18(24)15-5-3-11-27-15/h1-11,17,25H. The quantitative estimate of drug-likeness (QED) is 0.655. The lowest BCUT2D eigenvalue weighted by atomic mass is 9.98. The number of halogens is 1. The van der Waals surface area contributed by atoms with Crippen molar-refractivity contribution in [2.24, 2.45) is 0 Å². The second kappa shape index (κ2) is 6.98. The minimum absolute atomic E-state index is 0.0242. The highest BCUT2D eigenvalue weighted by Gasteiger charge is 2.45. The van der Waals surface area contributed by atoms with Crippen molar-refractivity contribution in [3.63, 3.8) is 0 Å². The molecule has 1 aromatic carbocycles. The Kier molecular flexibility index (Phi) is 4.51. The van der Waals surface area contributed by atoms with E-state index in [1.54, 1.807) is 66.2 Å². The number of rotatable bonds is 4. The van der Waals surface area contributed by atoms with Gasteiger partial charge in [-0.05, 0) is 47.8 Å². The topological polar surface area (TPSA) is 70.5 Å². The number of aliphatic hydroxyl groups excluding tert-OH is 1. The maximum Gasteiger partial charge on any atom is 0.294 e. The van der Waals surface area contributed by atoms with Crippen LogP contribution in [0.15, 0.2) is 77.5 Å². The van der Waals surface area contributed by atoms with Crippen molar-refractivity contribution in [3.8, 4) is 0 Å². The van der Waals surface area contributed by atoms with Crippen LogP contribution in [0.4, 0.5) is 5.69 Å². The van der Waals surface area contributed by atoms with Gasteiger partial charge in [0.15, 0.2) is 5.76 Å². The number of ketones is 1. The van der Waals surface area contributed by atoms with E-state index in [1.165, 1.54) is 16.2 Å². The molecule has 0 radical (unpaired) electrons. The van der Waals surface area contributed by atoms with Crippen LogP contribution >= 0.6 is 22.9 Å². The van der Waals surface area contributed by atoms with Gasteiger partial charge in [0.05, 0.1) is 16.1 Å². The summed E-state index contributed by atoms with van der Waals surface area (Å²) in [5.41, 5.74) is 1.03. The highest BCUT2D eigenvalue weighted by Crippen LogP contribution is 2.41. The van der Waals surface area contributed by atoms with Crippen LogP contribution in [0.1, 0.15) is 21.4 Å². The van der Waals surface area contributed by atoms with Crippen molar-refractivity contribution in [1.29, 1.82) is 0 Å². The molecule has 0 aliphatic carbocycles. The molecule has 1 amide bonds. The number of carbonyl (C=O) groups excluding carboxylic acids is 2. The van der Waals surface area contributed by atoms with Crippen LogP contribution in [0.3, 0.4) is 0 Å². The first-order valence-corrected chi connectivity index (χ1v) is 9.35. The molecular weight excluding hydrogens is 384 g/mol. The summed E-state index contributed by atoms with van der Waals surface area (Å²) in [6.45, 7) is 0. The number of amides is 1. The fraction of sp³-hybridized carbons (Fsp3) is 0.0500. The fourth-order valence-electron chi connectivity index (χ4n) is 3.06. The van der Waals surface area contributed by atoms with Gasteiger partial charge < -0.3 is 5.11 Å². The SMILES string of the molecule is O=C(C1=C(O)C(=O)N(c2ccc(Cl)cc2)C1c1ccccn1)c1cccs1. The predicted octanol–water partition coefficient (Wildman–Crippen LogP) is 4.58. The summed E-state index contributed by atoms with van der Waals surface area (Å²) >= 11 is 7.21. The Balaban J connectivity index is 1.87. The number of aliphatic hydroxyl groups is 1. The summed E-state index contributed by atoms with van der Waals surface area (Å²) in [5.74, 6) is -1.59. The van der Waals surface area contributed by atoms with Crippen LogP contribution in [0.25, 0.3) is 0 Å². The first-order chi connectivity index (χ1) is 13.1. The summed E-state index contributed by atoms with van der Waals surface area (Å²) in [5, 5.41) is 12.9. The molecule has 0 fully saturated rings. The molecule has 3 aromatic rings. The van der Waals surface area contributed by atoms with E-state index < -0.39 is 17.7 Å². The zero-order chi connectivity index (χ0) is 19.0. The zero-order valence-corrected chi connectivity index (χ0v) is 15.4. The largest absolute Gasteiger partial charge is 0.503 e. The lowest BCUT2D eigenvalue weighted by molar-refractivity contribution is -0.117. The molecule has 7 heteroatoms. The molecule has 1 atom stereocenters. The Morgan fingerprint density at radius 3 is 2.52 bits per heavy atom. The van der Waals surface area contributed by atoms with E-state index in [2.05, 4.69) is 4.98 Å². The summed E-state index contributed by atoms with van der Waals surface area (Å²) in [7, 11) is 0. The van der Waals surface area contributed by atoms with E-state index in [9.17, 15) is 14.7 Å². The average Bonchev–Trinajstić information content (AvgIpc) is 3.31. The van der Waals surface area contributed by atoms with Crippen molar-refractivity contribution in [2.45, 2.75) is 6.04 Å². The van der Waals surface area contributed by atoms with E-state index in [0.29, 0.717) is 21.3 Å². The van der Waals surface area contributed by atoms with Gasteiger partial charge in [-0.1, -0.05) is 23.7 Å². The van der Waals surface area contributed by atoms with Crippen molar-refractivity contribution in [3.05, 3.63) is 93.1 Å². The van der Waals surface area contributed by atoms with Gasteiger partial charge in [-0.2, -0.15) is 0 Å². The summed E-state index contributed by atoms with van der Waals surface area (Å²) in [6.07, 6.45) is 1.59. The van der Waals surface area contributed by atoms with Crippen LogP contribution in [0.2, 0.25) is 5.02 Å². The number of benzene rings is 1. The second-order valence-corrected chi connectivity index (χ2v) is 7.26. The van der Waals surface area contributed by atoms with Crippen LogP contribution in [-0.4, -0.2) is 21.8 Å². The van der Waals surface area contributed by atoms with Crippen LogP contribution in [-0.2, 0) is 4.79 Å². The number of hydrogen-bond donors (Lipinski definition) is 1. The molecule has 0 saturated carbocycles. The predicted molar refractivity (Wildman–Crippen MR) is 104 cm³/mol. The molecule has 134 valence electrons. The normalized spacial score (nSPS) is 16.9. The number of pyridine rings is 1. The Morgan fingerprint density at radius 2 is 1.89 bits per heavy atom. The Morgan fingerprint density at radius 1 is 1.11 bits per heavy atom. The van der Waals surface area contributed by atoms with E-state index in [4.69, 9.17) is 11.6 Å². The van der Waals surface area contributed by atoms with E-state index in [0.717, 1.165) is 0 Å².